The van der Waals surface area contributed by atoms with Crippen molar-refractivity contribution in [2.75, 3.05) is 0 Å². The third kappa shape index (κ3) is 1.81. The van der Waals surface area contributed by atoms with Gasteiger partial charge in [-0.1, -0.05) is 30.3 Å². The fraction of sp³-hybridized carbons (Fsp3) is 0. The van der Waals surface area contributed by atoms with Crippen LogP contribution in [0.1, 0.15) is 11.1 Å². The summed E-state index contributed by atoms with van der Waals surface area (Å²) in [7, 11) is 0. The van der Waals surface area contributed by atoms with Crippen molar-refractivity contribution < 1.29 is 8.78 Å². The second-order valence-electron chi connectivity index (χ2n) is 3.56. The Balaban J connectivity index is 2.83. The van der Waals surface area contributed by atoms with Gasteiger partial charge in [0.25, 0.3) is 0 Å². The molecule has 0 radical (unpaired) electrons. The standard InChI is InChI=1S/C14H6F2N2/c15-13-10(7-17)6-11(8-18)14(16)12(13)9-4-2-1-3-5-9/h1-6H. The highest BCUT2D eigenvalue weighted by atomic mass is 19.1. The molecule has 0 fully saturated rings. The first kappa shape index (κ1) is 11.8. The minimum Gasteiger partial charge on any atom is -0.205 e. The Bertz CT molecular complexity index is 641. The van der Waals surface area contributed by atoms with E-state index in [4.69, 9.17) is 10.5 Å². The summed E-state index contributed by atoms with van der Waals surface area (Å²) in [5.41, 5.74) is -0.731. The molecule has 0 aliphatic rings. The molecule has 2 aromatic carbocycles. The zero-order chi connectivity index (χ0) is 13.1. The van der Waals surface area contributed by atoms with Crippen molar-refractivity contribution in [1.82, 2.24) is 0 Å². The molecule has 0 atom stereocenters. The summed E-state index contributed by atoms with van der Waals surface area (Å²) >= 11 is 0. The van der Waals surface area contributed by atoms with E-state index in [0.29, 0.717) is 5.56 Å². The average Bonchev–Trinajstić information content (AvgIpc) is 2.40. The van der Waals surface area contributed by atoms with Crippen molar-refractivity contribution in [3.63, 3.8) is 0 Å². The van der Waals surface area contributed by atoms with E-state index < -0.39 is 11.6 Å². The number of rotatable bonds is 1. The molecule has 0 saturated carbocycles. The maximum Gasteiger partial charge on any atom is 0.151 e. The molecule has 0 spiro atoms. The number of nitriles is 2. The first-order valence-electron chi connectivity index (χ1n) is 5.06. The lowest BCUT2D eigenvalue weighted by Gasteiger charge is -2.07. The normalized spacial score (nSPS) is 9.56. The van der Waals surface area contributed by atoms with Crippen LogP contribution in [0.5, 0.6) is 0 Å². The number of benzene rings is 2. The zero-order valence-electron chi connectivity index (χ0n) is 9.11. The average molecular weight is 240 g/mol. The van der Waals surface area contributed by atoms with Crippen LogP contribution in [0.4, 0.5) is 8.78 Å². The van der Waals surface area contributed by atoms with Crippen molar-refractivity contribution in [3.8, 4) is 23.3 Å². The quantitative estimate of drug-likeness (QED) is 0.767. The van der Waals surface area contributed by atoms with Gasteiger partial charge in [0.2, 0.25) is 0 Å². The van der Waals surface area contributed by atoms with Crippen LogP contribution in [0, 0.1) is 34.3 Å². The first-order valence-corrected chi connectivity index (χ1v) is 5.06. The maximum absolute atomic E-state index is 14.0. The van der Waals surface area contributed by atoms with Crippen molar-refractivity contribution in [2.24, 2.45) is 0 Å². The summed E-state index contributed by atoms with van der Waals surface area (Å²) < 4.78 is 27.9. The highest BCUT2D eigenvalue weighted by Crippen LogP contribution is 2.29. The van der Waals surface area contributed by atoms with E-state index in [1.165, 1.54) is 12.1 Å². The second kappa shape index (κ2) is 4.65. The van der Waals surface area contributed by atoms with Crippen LogP contribution in [0.15, 0.2) is 36.4 Å². The van der Waals surface area contributed by atoms with E-state index in [2.05, 4.69) is 0 Å². The van der Waals surface area contributed by atoms with Gasteiger partial charge in [-0.2, -0.15) is 10.5 Å². The monoisotopic (exact) mass is 240 g/mol. The van der Waals surface area contributed by atoms with Gasteiger partial charge in [0.1, 0.15) is 12.1 Å². The lowest BCUT2D eigenvalue weighted by molar-refractivity contribution is 0.585. The molecule has 4 heteroatoms. The predicted octanol–water partition coefficient (Wildman–Crippen LogP) is 3.38. The molecule has 2 nitrogen and oxygen atoms in total. The van der Waals surface area contributed by atoms with E-state index in [1.54, 1.807) is 30.3 Å². The summed E-state index contributed by atoms with van der Waals surface area (Å²) in [4.78, 5) is 0. The molecule has 0 aliphatic carbocycles. The molecule has 2 rings (SSSR count). The fourth-order valence-corrected chi connectivity index (χ4v) is 1.66. The molecule has 2 aromatic rings. The molecule has 0 amide bonds. The predicted molar refractivity (Wildman–Crippen MR) is 61.2 cm³/mol. The molecule has 86 valence electrons. The van der Waals surface area contributed by atoms with Gasteiger partial charge in [0.05, 0.1) is 16.7 Å². The lowest BCUT2D eigenvalue weighted by atomic mass is 9.98. The zero-order valence-corrected chi connectivity index (χ0v) is 9.11. The topological polar surface area (TPSA) is 47.6 Å². The van der Waals surface area contributed by atoms with Crippen molar-refractivity contribution in [2.45, 2.75) is 0 Å². The minimum absolute atomic E-state index is 0.293. The highest BCUT2D eigenvalue weighted by Gasteiger charge is 2.19. The molecule has 0 bridgehead atoms. The number of nitrogens with zero attached hydrogens (tertiary/aromatic N) is 2. The third-order valence-corrected chi connectivity index (χ3v) is 2.50. The van der Waals surface area contributed by atoms with E-state index in [0.717, 1.165) is 6.07 Å². The number of hydrogen-bond acceptors (Lipinski definition) is 2. The van der Waals surface area contributed by atoms with Crippen LogP contribution in [-0.4, -0.2) is 0 Å². The Morgan fingerprint density at radius 1 is 0.833 bits per heavy atom. The largest absolute Gasteiger partial charge is 0.205 e. The molecule has 0 heterocycles. The van der Waals surface area contributed by atoms with Crippen LogP contribution >= 0.6 is 0 Å². The molecule has 18 heavy (non-hydrogen) atoms. The van der Waals surface area contributed by atoms with Crippen LogP contribution in [-0.2, 0) is 0 Å². The lowest BCUT2D eigenvalue weighted by Crippen LogP contribution is -1.98. The molecule has 0 saturated heterocycles. The smallest absolute Gasteiger partial charge is 0.151 e. The number of hydrogen-bond donors (Lipinski definition) is 0. The van der Waals surface area contributed by atoms with Crippen LogP contribution in [0.25, 0.3) is 11.1 Å². The van der Waals surface area contributed by atoms with Crippen molar-refractivity contribution in [3.05, 3.63) is 59.2 Å². The Hall–Kier alpha value is -2.72. The molecule has 0 aliphatic heterocycles. The Labute approximate surface area is 102 Å². The van der Waals surface area contributed by atoms with Gasteiger partial charge in [-0.05, 0) is 11.6 Å². The van der Waals surface area contributed by atoms with Crippen molar-refractivity contribution in [1.29, 1.82) is 10.5 Å². The summed E-state index contributed by atoms with van der Waals surface area (Å²) in [6, 6.07) is 12.1. The van der Waals surface area contributed by atoms with Gasteiger partial charge >= 0.3 is 0 Å². The van der Waals surface area contributed by atoms with E-state index >= 15 is 0 Å². The number of halogens is 2. The Morgan fingerprint density at radius 3 is 1.78 bits per heavy atom. The summed E-state index contributed by atoms with van der Waals surface area (Å²) in [5.74, 6) is -1.89. The summed E-state index contributed by atoms with van der Waals surface area (Å²) in [5, 5.41) is 17.6. The first-order chi connectivity index (χ1) is 8.69. The molecular formula is C14H6F2N2. The SMILES string of the molecule is N#Cc1cc(C#N)c(F)c(-c2ccccc2)c1F. The van der Waals surface area contributed by atoms with E-state index in [1.807, 2.05) is 0 Å². The fourth-order valence-electron chi connectivity index (χ4n) is 1.66. The third-order valence-electron chi connectivity index (χ3n) is 2.50. The molecule has 0 unspecified atom stereocenters. The Morgan fingerprint density at radius 2 is 1.33 bits per heavy atom. The van der Waals surface area contributed by atoms with Crippen LogP contribution in [0.3, 0.4) is 0 Å². The summed E-state index contributed by atoms with van der Waals surface area (Å²) in [6.45, 7) is 0. The molecule has 0 N–H and O–H groups in total. The summed E-state index contributed by atoms with van der Waals surface area (Å²) in [6.07, 6.45) is 0. The van der Waals surface area contributed by atoms with Crippen LogP contribution < -0.4 is 0 Å². The minimum atomic E-state index is -0.944. The van der Waals surface area contributed by atoms with Gasteiger partial charge in [-0.15, -0.1) is 0 Å². The molecule has 0 aromatic heterocycles. The van der Waals surface area contributed by atoms with Gasteiger partial charge < -0.3 is 0 Å². The van der Waals surface area contributed by atoms with Gasteiger partial charge in [0.15, 0.2) is 11.6 Å². The van der Waals surface area contributed by atoms with E-state index in [-0.39, 0.29) is 16.7 Å². The highest BCUT2D eigenvalue weighted by molar-refractivity contribution is 5.69. The maximum atomic E-state index is 14.0. The van der Waals surface area contributed by atoms with Crippen LogP contribution in [0.2, 0.25) is 0 Å². The Kier molecular flexibility index (Phi) is 3.03. The van der Waals surface area contributed by atoms with Gasteiger partial charge in [-0.25, -0.2) is 8.78 Å². The van der Waals surface area contributed by atoms with Crippen molar-refractivity contribution >= 4 is 0 Å². The van der Waals surface area contributed by atoms with Gasteiger partial charge in [-0.3, -0.25) is 0 Å². The van der Waals surface area contributed by atoms with Gasteiger partial charge in [0, 0.05) is 0 Å². The molecular weight excluding hydrogens is 234 g/mol. The second-order valence-corrected chi connectivity index (χ2v) is 3.56. The van der Waals surface area contributed by atoms with E-state index in [9.17, 15) is 8.78 Å².